The summed E-state index contributed by atoms with van der Waals surface area (Å²) in [6, 6.07) is 65.1. The Hall–Kier alpha value is -13.6. The summed E-state index contributed by atoms with van der Waals surface area (Å²) in [5, 5.41) is 7.25. The third-order valence-corrected chi connectivity index (χ3v) is 21.9. The van der Waals surface area contributed by atoms with Crippen molar-refractivity contribution in [3.8, 4) is 90.5 Å². The summed E-state index contributed by atoms with van der Waals surface area (Å²) in [5.41, 5.74) is 10.4. The molecule has 0 saturated carbocycles. The van der Waals surface area contributed by atoms with Crippen LogP contribution in [0.25, 0.3) is 87.6 Å². The van der Waals surface area contributed by atoms with Gasteiger partial charge in [0.2, 0.25) is 11.8 Å². The highest BCUT2D eigenvalue weighted by Crippen LogP contribution is 2.59. The van der Waals surface area contributed by atoms with E-state index >= 15 is 28.8 Å². The van der Waals surface area contributed by atoms with Crippen LogP contribution >= 0.6 is 0 Å². The first-order chi connectivity index (χ1) is 57.1. The minimum absolute atomic E-state index is 0.0208. The van der Waals surface area contributed by atoms with Gasteiger partial charge in [0.25, 0.3) is 23.6 Å². The second kappa shape index (κ2) is 31.9. The molecule has 4 aliphatic heterocycles. The summed E-state index contributed by atoms with van der Waals surface area (Å²) in [6.45, 7) is 15.6. The molecule has 0 radical (unpaired) electrons. The fraction of sp³-hybridized carbons (Fsp3) is 0.224. The average molecular weight is 1570 g/mol. The Morgan fingerprint density at radius 2 is 0.593 bits per heavy atom. The molecule has 6 amide bonds. The smallest absolute Gasteiger partial charge is 0.307 e. The molecule has 2 fully saturated rings. The lowest BCUT2D eigenvalue weighted by Gasteiger charge is -2.37. The molecule has 4 atom stereocenters. The van der Waals surface area contributed by atoms with E-state index in [0.717, 1.165) is 76.6 Å². The molecular weight excluding hydrogens is 1490 g/mol. The number of benzene rings is 13. The van der Waals surface area contributed by atoms with Gasteiger partial charge in [0, 0.05) is 56.2 Å². The summed E-state index contributed by atoms with van der Waals surface area (Å²) >= 11 is 0. The van der Waals surface area contributed by atoms with Crippen molar-refractivity contribution in [2.45, 2.75) is 92.5 Å². The molecule has 592 valence electrons. The molecule has 0 bridgehead atoms. The van der Waals surface area contributed by atoms with Crippen LogP contribution < -0.4 is 29.6 Å². The quantitative estimate of drug-likeness (QED) is 0.0152. The third kappa shape index (κ3) is 15.3. The standard InChI is InChI=1S/C98H84N4O16/c1-53(2)91(93(105)99-35-33-81(103)113-51-71-49-111-71)101-95(107)73-45-77(115-67-29-13-25-63(41-67)59-21-9-17-55(5)37-59)85-87-79(117-69-31-15-27-65(43-69)61-23-11-19-57(7)39-61)47-75-84-76(98(110)102(97(75)109)92(54(3)4)94(106)100-36-34-82(104)114-52-72-50-112-72)48-80(118-70-32-16-28-66(44-70)62-24-12-20-58(8)40-62)88(90(84)87)86-78(46-74(96(101)108)83(73)89(85)86)116-68-30-14-26-64(42-68)60-22-10-18-56(6)38-60/h9-32,37-48,53-54,71-72,91-92H,33-36,49-52H2,1-8H3,(H,99,105)(H,100,106). The highest BCUT2D eigenvalue weighted by molar-refractivity contribution is 6.45. The Morgan fingerprint density at radius 3 is 0.831 bits per heavy atom. The van der Waals surface area contributed by atoms with E-state index in [1.807, 2.05) is 173 Å². The van der Waals surface area contributed by atoms with E-state index in [9.17, 15) is 9.59 Å². The largest absolute Gasteiger partial charge is 0.463 e. The monoisotopic (exact) mass is 1570 g/mol. The molecule has 17 rings (SSSR count). The molecule has 2 N–H and O–H groups in total. The molecule has 20 heteroatoms. The molecule has 0 spiro atoms. The van der Waals surface area contributed by atoms with Crippen molar-refractivity contribution in [2.24, 2.45) is 11.8 Å². The lowest BCUT2D eigenvalue weighted by molar-refractivity contribution is -0.145. The number of hydrogen-bond donors (Lipinski definition) is 2. The zero-order valence-corrected chi connectivity index (χ0v) is 66.3. The normalized spacial score (nSPS) is 15.3. The van der Waals surface area contributed by atoms with E-state index in [0.29, 0.717) is 36.2 Å². The van der Waals surface area contributed by atoms with Gasteiger partial charge in [0.1, 0.15) is 83.5 Å². The molecule has 2 saturated heterocycles. The summed E-state index contributed by atoms with van der Waals surface area (Å²) in [6.07, 6.45) is -0.801. The van der Waals surface area contributed by atoms with E-state index in [-0.39, 0.29) is 140 Å². The first-order valence-corrected chi connectivity index (χ1v) is 39.7. The number of carbonyl (C=O) groups is 8. The first-order valence-electron chi connectivity index (χ1n) is 39.7. The van der Waals surface area contributed by atoms with Crippen molar-refractivity contribution in [3.63, 3.8) is 0 Å². The van der Waals surface area contributed by atoms with Crippen molar-refractivity contribution in [2.75, 3.05) is 39.5 Å². The van der Waals surface area contributed by atoms with E-state index in [2.05, 4.69) is 34.9 Å². The lowest BCUT2D eigenvalue weighted by Crippen LogP contribution is -2.56. The second-order valence-electron chi connectivity index (χ2n) is 31.4. The topological polar surface area (TPSA) is 248 Å². The summed E-state index contributed by atoms with van der Waals surface area (Å²) in [7, 11) is 0. The number of aryl methyl sites for hydroxylation is 4. The average Bonchev–Trinajstić information content (AvgIpc) is 1.05. The van der Waals surface area contributed by atoms with Gasteiger partial charge in [-0.1, -0.05) is 196 Å². The van der Waals surface area contributed by atoms with Crippen LogP contribution in [-0.2, 0) is 38.1 Å². The fourth-order valence-electron chi connectivity index (χ4n) is 16.2. The van der Waals surface area contributed by atoms with Gasteiger partial charge in [-0.15, -0.1) is 0 Å². The van der Waals surface area contributed by atoms with Crippen molar-refractivity contribution in [1.82, 2.24) is 20.4 Å². The Morgan fingerprint density at radius 1 is 0.347 bits per heavy atom. The molecule has 118 heavy (non-hydrogen) atoms. The van der Waals surface area contributed by atoms with E-state index < -0.39 is 71.3 Å². The zero-order chi connectivity index (χ0) is 81.9. The van der Waals surface area contributed by atoms with Gasteiger partial charge in [-0.05, 0) is 157 Å². The number of nitrogens with zero attached hydrogens (tertiary/aromatic N) is 2. The molecule has 13 aromatic rings. The number of amides is 6. The van der Waals surface area contributed by atoms with Crippen LogP contribution in [0.5, 0.6) is 46.0 Å². The maximum atomic E-state index is 16.7. The number of carbonyl (C=O) groups excluding carboxylic acids is 8. The number of fused-ring (bicyclic) bond motifs is 2. The van der Waals surface area contributed by atoms with Gasteiger partial charge < -0.3 is 48.5 Å². The number of nitrogens with one attached hydrogen (secondary N) is 2. The number of rotatable bonds is 28. The minimum Gasteiger partial charge on any atom is -0.463 e. The van der Waals surface area contributed by atoms with Gasteiger partial charge in [-0.25, -0.2) is 0 Å². The van der Waals surface area contributed by atoms with Crippen LogP contribution in [-0.4, -0.2) is 121 Å². The SMILES string of the molecule is Cc1cccc(-c2cccc(Oc3cc4c5c(cc(Oc6cccc(-c7cccc(C)c7)c6)c6c7c(Oc8cccc(-c9cccc(C)c9)c8)cc8c9c(cc(Oc%10cccc(-c%11cccc(C)c%11)c%10)c(c3c56)c97)C(=O)N(C(C(=O)NCCC(=O)OCC3CO3)C(C)C)C8=O)C(=O)N(C(C(=O)NCCC(=O)OCC3CO3)C(C)C)C4=O)c2)c1. The van der Waals surface area contributed by atoms with Crippen LogP contribution in [0.4, 0.5) is 0 Å². The molecular formula is C98H84N4O16. The van der Waals surface area contributed by atoms with Crippen LogP contribution in [0.1, 0.15) is 104 Å². The van der Waals surface area contributed by atoms with E-state index in [4.69, 9.17) is 37.9 Å². The highest BCUT2D eigenvalue weighted by Gasteiger charge is 2.48. The Labute approximate surface area is 680 Å². The molecule has 4 unspecified atom stereocenters. The number of epoxide rings is 2. The predicted octanol–water partition coefficient (Wildman–Crippen LogP) is 18.9. The molecule has 0 aromatic heterocycles. The zero-order valence-electron chi connectivity index (χ0n) is 66.3. The molecule has 4 heterocycles. The van der Waals surface area contributed by atoms with Crippen molar-refractivity contribution >= 4 is 90.5 Å². The van der Waals surface area contributed by atoms with Crippen LogP contribution in [0.15, 0.2) is 218 Å². The van der Waals surface area contributed by atoms with Crippen LogP contribution in [0, 0.1) is 39.5 Å². The number of ether oxygens (including phenoxy) is 8. The maximum Gasteiger partial charge on any atom is 0.307 e. The third-order valence-electron chi connectivity index (χ3n) is 21.9. The fourth-order valence-corrected chi connectivity index (χ4v) is 16.2. The summed E-state index contributed by atoms with van der Waals surface area (Å²) < 4.78 is 51.4. The molecule has 13 aromatic carbocycles. The van der Waals surface area contributed by atoms with E-state index in [1.165, 1.54) is 0 Å². The Balaban J connectivity index is 0.980. The van der Waals surface area contributed by atoms with E-state index in [1.54, 1.807) is 76.2 Å². The van der Waals surface area contributed by atoms with Crippen molar-refractivity contribution in [1.29, 1.82) is 0 Å². The minimum atomic E-state index is -1.48. The predicted molar refractivity (Wildman–Crippen MR) is 449 cm³/mol. The molecule has 0 aliphatic carbocycles. The van der Waals surface area contributed by atoms with Crippen molar-refractivity contribution < 1.29 is 76.3 Å². The Kier molecular flexibility index (Phi) is 20.8. The van der Waals surface area contributed by atoms with Gasteiger partial charge in [0.15, 0.2) is 0 Å². The van der Waals surface area contributed by atoms with Gasteiger partial charge in [0.05, 0.1) is 48.3 Å². The van der Waals surface area contributed by atoms with Crippen LogP contribution in [0.3, 0.4) is 0 Å². The lowest BCUT2D eigenvalue weighted by atomic mass is 9.80. The summed E-state index contributed by atoms with van der Waals surface area (Å²) in [4.78, 5) is 125. The van der Waals surface area contributed by atoms with Gasteiger partial charge >= 0.3 is 11.9 Å². The molecule has 4 aliphatic rings. The second-order valence-corrected chi connectivity index (χ2v) is 31.4. The molecule has 20 nitrogen and oxygen atoms in total. The van der Waals surface area contributed by atoms with Crippen LogP contribution in [0.2, 0.25) is 0 Å². The van der Waals surface area contributed by atoms with Crippen molar-refractivity contribution in [3.05, 3.63) is 263 Å². The summed E-state index contributed by atoms with van der Waals surface area (Å²) in [5.74, 6) is -6.21. The maximum absolute atomic E-state index is 16.7. The number of imide groups is 2. The number of hydrogen-bond acceptors (Lipinski definition) is 16. The van der Waals surface area contributed by atoms with Gasteiger partial charge in [-0.2, -0.15) is 0 Å². The Bertz CT molecular complexity index is 5610. The number of esters is 2. The first kappa shape index (κ1) is 77.0. The highest BCUT2D eigenvalue weighted by atomic mass is 16.6. The van der Waals surface area contributed by atoms with Gasteiger partial charge in [-0.3, -0.25) is 48.2 Å².